The number of rotatable bonds is 5. The first-order chi connectivity index (χ1) is 11.1. The molecule has 0 unspecified atom stereocenters. The molecule has 0 atom stereocenters. The molecule has 3 aromatic rings. The van der Waals surface area contributed by atoms with Crippen molar-refractivity contribution in [2.24, 2.45) is 0 Å². The minimum atomic E-state index is -0.417. The van der Waals surface area contributed by atoms with E-state index in [0.717, 1.165) is 5.56 Å². The number of hydrogen-bond acceptors (Lipinski definition) is 5. The van der Waals surface area contributed by atoms with Gasteiger partial charge >= 0.3 is 0 Å². The lowest BCUT2D eigenvalue weighted by atomic mass is 10.2. The third-order valence-corrected chi connectivity index (χ3v) is 3.34. The number of benzene rings is 2. The fourth-order valence-corrected chi connectivity index (χ4v) is 2.18. The van der Waals surface area contributed by atoms with Crippen molar-refractivity contribution in [2.75, 3.05) is 0 Å². The highest BCUT2D eigenvalue weighted by molar-refractivity contribution is 5.55. The summed E-state index contributed by atoms with van der Waals surface area (Å²) in [5, 5.41) is 10.8. The van der Waals surface area contributed by atoms with Gasteiger partial charge in [0.2, 0.25) is 5.89 Å². The monoisotopic (exact) mass is 310 g/mol. The van der Waals surface area contributed by atoms with E-state index in [9.17, 15) is 10.1 Å². The van der Waals surface area contributed by atoms with Crippen LogP contribution in [0.4, 0.5) is 5.69 Å². The maximum atomic E-state index is 10.8. The molecule has 2 aromatic carbocycles. The molecule has 3 rings (SSSR count). The van der Waals surface area contributed by atoms with Crippen LogP contribution in [0.1, 0.15) is 11.5 Å². The van der Waals surface area contributed by atoms with E-state index in [1.807, 2.05) is 30.3 Å². The maximum absolute atomic E-state index is 10.8. The molecule has 0 amide bonds. The fraction of sp³-hybridized carbons (Fsp3) is 0.118. The zero-order valence-electron chi connectivity index (χ0n) is 12.4. The zero-order valence-corrected chi connectivity index (χ0v) is 12.4. The summed E-state index contributed by atoms with van der Waals surface area (Å²) < 4.78 is 11.2. The van der Waals surface area contributed by atoms with Gasteiger partial charge in [0, 0.05) is 17.2 Å². The molecule has 1 aromatic heterocycles. The Labute approximate surface area is 132 Å². The van der Waals surface area contributed by atoms with Crippen LogP contribution in [0.3, 0.4) is 0 Å². The summed E-state index contributed by atoms with van der Waals surface area (Å²) in [6.07, 6.45) is 1.65. The number of nitrogens with zero attached hydrogens (tertiary/aromatic N) is 2. The molecular formula is C17H14N2O4. The Bertz CT molecular complexity index is 828. The molecule has 0 fully saturated rings. The molecule has 0 spiro atoms. The molecule has 23 heavy (non-hydrogen) atoms. The first kappa shape index (κ1) is 14.8. The van der Waals surface area contributed by atoms with Crippen molar-refractivity contribution in [3.05, 3.63) is 76.3 Å². The summed E-state index contributed by atoms with van der Waals surface area (Å²) >= 11 is 0. The zero-order chi connectivity index (χ0) is 16.2. The SMILES string of the molecule is Cc1cc(OCc2ncc(-c3ccccc3)o2)ccc1[N+](=O)[O-]. The molecule has 0 bridgehead atoms. The Morgan fingerprint density at radius 3 is 2.70 bits per heavy atom. The van der Waals surface area contributed by atoms with E-state index < -0.39 is 4.92 Å². The summed E-state index contributed by atoms with van der Waals surface area (Å²) in [5.41, 5.74) is 1.56. The summed E-state index contributed by atoms with van der Waals surface area (Å²) in [4.78, 5) is 14.5. The second-order valence-electron chi connectivity index (χ2n) is 4.98. The number of aromatic nitrogens is 1. The Hall–Kier alpha value is -3.15. The van der Waals surface area contributed by atoms with Gasteiger partial charge in [-0.1, -0.05) is 30.3 Å². The summed E-state index contributed by atoms with van der Waals surface area (Å²) in [7, 11) is 0. The average Bonchev–Trinajstić information content (AvgIpc) is 3.02. The number of hydrogen-bond donors (Lipinski definition) is 0. The van der Waals surface area contributed by atoms with Crippen molar-refractivity contribution in [3.63, 3.8) is 0 Å². The van der Waals surface area contributed by atoms with Crippen LogP contribution in [0.25, 0.3) is 11.3 Å². The van der Waals surface area contributed by atoms with Gasteiger partial charge in [-0.3, -0.25) is 10.1 Å². The number of nitro groups is 1. The first-order valence-corrected chi connectivity index (χ1v) is 7.01. The molecule has 0 radical (unpaired) electrons. The highest BCUT2D eigenvalue weighted by Gasteiger charge is 2.11. The number of oxazole rings is 1. The van der Waals surface area contributed by atoms with Crippen LogP contribution in [-0.2, 0) is 6.61 Å². The van der Waals surface area contributed by atoms with E-state index in [-0.39, 0.29) is 12.3 Å². The second-order valence-corrected chi connectivity index (χ2v) is 4.98. The van der Waals surface area contributed by atoms with Gasteiger partial charge in [0.25, 0.3) is 5.69 Å². The summed E-state index contributed by atoms with van der Waals surface area (Å²) in [6.45, 7) is 1.83. The molecule has 0 aliphatic rings. The van der Waals surface area contributed by atoms with E-state index in [1.165, 1.54) is 6.07 Å². The van der Waals surface area contributed by atoms with Gasteiger partial charge in [0.1, 0.15) is 5.75 Å². The third-order valence-electron chi connectivity index (χ3n) is 3.34. The van der Waals surface area contributed by atoms with Gasteiger partial charge < -0.3 is 9.15 Å². The summed E-state index contributed by atoms with van der Waals surface area (Å²) in [5.74, 6) is 1.65. The molecular weight excluding hydrogens is 296 g/mol. The van der Waals surface area contributed by atoms with Crippen LogP contribution in [0, 0.1) is 17.0 Å². The minimum absolute atomic E-state index is 0.0693. The lowest BCUT2D eigenvalue weighted by Gasteiger charge is -2.05. The number of ether oxygens (including phenoxy) is 1. The van der Waals surface area contributed by atoms with Crippen molar-refractivity contribution < 1.29 is 14.1 Å². The van der Waals surface area contributed by atoms with E-state index in [2.05, 4.69) is 4.98 Å². The van der Waals surface area contributed by atoms with Crippen molar-refractivity contribution in [1.29, 1.82) is 0 Å². The van der Waals surface area contributed by atoms with Gasteiger partial charge in [0.15, 0.2) is 12.4 Å². The molecule has 6 nitrogen and oxygen atoms in total. The fourth-order valence-electron chi connectivity index (χ4n) is 2.18. The smallest absolute Gasteiger partial charge is 0.272 e. The van der Waals surface area contributed by atoms with Crippen molar-refractivity contribution in [2.45, 2.75) is 13.5 Å². The van der Waals surface area contributed by atoms with Crippen LogP contribution in [-0.4, -0.2) is 9.91 Å². The Morgan fingerprint density at radius 2 is 2.00 bits per heavy atom. The normalized spacial score (nSPS) is 10.5. The minimum Gasteiger partial charge on any atom is -0.484 e. The van der Waals surface area contributed by atoms with Crippen LogP contribution in [0.2, 0.25) is 0 Å². The molecule has 1 heterocycles. The van der Waals surface area contributed by atoms with E-state index in [1.54, 1.807) is 25.3 Å². The summed E-state index contributed by atoms with van der Waals surface area (Å²) in [6, 6.07) is 14.3. The van der Waals surface area contributed by atoms with Crippen LogP contribution >= 0.6 is 0 Å². The van der Waals surface area contributed by atoms with Crippen LogP contribution < -0.4 is 4.74 Å². The van der Waals surface area contributed by atoms with Gasteiger partial charge in [-0.15, -0.1) is 0 Å². The van der Waals surface area contributed by atoms with E-state index >= 15 is 0 Å². The molecule has 6 heteroatoms. The molecule has 0 aliphatic heterocycles. The lowest BCUT2D eigenvalue weighted by molar-refractivity contribution is -0.385. The van der Waals surface area contributed by atoms with Crippen molar-refractivity contribution >= 4 is 5.69 Å². The maximum Gasteiger partial charge on any atom is 0.272 e. The predicted molar refractivity (Wildman–Crippen MR) is 84.1 cm³/mol. The molecule has 116 valence electrons. The Kier molecular flexibility index (Phi) is 4.05. The number of aryl methyl sites for hydroxylation is 1. The van der Waals surface area contributed by atoms with Gasteiger partial charge in [-0.05, 0) is 19.1 Å². The lowest BCUT2D eigenvalue weighted by Crippen LogP contribution is -1.97. The highest BCUT2D eigenvalue weighted by Crippen LogP contribution is 2.24. The van der Waals surface area contributed by atoms with Crippen LogP contribution in [0.15, 0.2) is 59.1 Å². The van der Waals surface area contributed by atoms with Crippen molar-refractivity contribution in [1.82, 2.24) is 4.98 Å². The van der Waals surface area contributed by atoms with E-state index in [0.29, 0.717) is 23.0 Å². The second kappa shape index (κ2) is 6.31. The van der Waals surface area contributed by atoms with Gasteiger partial charge in [-0.25, -0.2) is 4.98 Å². The van der Waals surface area contributed by atoms with E-state index in [4.69, 9.17) is 9.15 Å². The average molecular weight is 310 g/mol. The molecule has 0 saturated heterocycles. The third kappa shape index (κ3) is 3.37. The molecule has 0 N–H and O–H groups in total. The topological polar surface area (TPSA) is 78.4 Å². The molecule has 0 aliphatic carbocycles. The first-order valence-electron chi connectivity index (χ1n) is 7.01. The highest BCUT2D eigenvalue weighted by atomic mass is 16.6. The van der Waals surface area contributed by atoms with Gasteiger partial charge in [0.05, 0.1) is 11.1 Å². The molecule has 0 saturated carbocycles. The predicted octanol–water partition coefficient (Wildman–Crippen LogP) is 4.14. The standard InChI is InChI=1S/C17H14N2O4/c1-12-9-14(7-8-15(12)19(20)21)22-11-17-18-10-16(23-17)13-5-3-2-4-6-13/h2-10H,11H2,1H3. The largest absolute Gasteiger partial charge is 0.484 e. The Balaban J connectivity index is 1.68. The quantitative estimate of drug-likeness (QED) is 0.523. The van der Waals surface area contributed by atoms with Gasteiger partial charge in [-0.2, -0.15) is 0 Å². The van der Waals surface area contributed by atoms with Crippen LogP contribution in [0.5, 0.6) is 5.75 Å². The Morgan fingerprint density at radius 1 is 1.22 bits per heavy atom. The van der Waals surface area contributed by atoms with Crippen molar-refractivity contribution in [3.8, 4) is 17.1 Å². The number of nitro benzene ring substituents is 1.